The molecule has 0 spiro atoms. The summed E-state index contributed by atoms with van der Waals surface area (Å²) < 4.78 is 0. The van der Waals surface area contributed by atoms with Crippen LogP contribution < -0.4 is 11.1 Å². The number of nitrogens with zero attached hydrogens (tertiary/aromatic N) is 3. The van der Waals surface area contributed by atoms with E-state index >= 15 is 0 Å². The Morgan fingerprint density at radius 2 is 2.00 bits per heavy atom. The molecule has 8 heteroatoms. The molecule has 1 fully saturated rings. The summed E-state index contributed by atoms with van der Waals surface area (Å²) in [6, 6.07) is 9.83. The lowest BCUT2D eigenvalue weighted by Crippen LogP contribution is -2.27. The lowest BCUT2D eigenvalue weighted by Gasteiger charge is -2.15. The summed E-state index contributed by atoms with van der Waals surface area (Å²) in [7, 11) is 1.67. The Labute approximate surface area is 145 Å². The second-order valence-corrected chi connectivity index (χ2v) is 5.53. The Morgan fingerprint density at radius 1 is 1.28 bits per heavy atom. The number of carbonyl (C=O) groups excluding carboxylic acids is 1. The van der Waals surface area contributed by atoms with Crippen molar-refractivity contribution in [2.24, 2.45) is 0 Å². The first-order valence-corrected chi connectivity index (χ1v) is 7.94. The number of benzene rings is 1. The van der Waals surface area contributed by atoms with Crippen LogP contribution >= 0.6 is 0 Å². The average Bonchev–Trinajstić information content (AvgIpc) is 3.16. The van der Waals surface area contributed by atoms with Gasteiger partial charge in [0, 0.05) is 49.7 Å². The minimum atomic E-state index is -0.485. The summed E-state index contributed by atoms with van der Waals surface area (Å²) in [5, 5.41) is 13.7. The van der Waals surface area contributed by atoms with Crippen molar-refractivity contribution < 1.29 is 9.72 Å². The van der Waals surface area contributed by atoms with E-state index in [2.05, 4.69) is 10.3 Å². The van der Waals surface area contributed by atoms with Crippen molar-refractivity contribution in [2.45, 2.75) is 12.8 Å². The summed E-state index contributed by atoms with van der Waals surface area (Å²) in [5.41, 5.74) is 6.13. The predicted octanol–water partition coefficient (Wildman–Crippen LogP) is 2.54. The number of hydrogen-bond donors (Lipinski definition) is 2. The van der Waals surface area contributed by atoms with Crippen molar-refractivity contribution in [1.82, 2.24) is 9.88 Å². The number of anilines is 2. The van der Waals surface area contributed by atoms with Crippen molar-refractivity contribution in [2.75, 3.05) is 31.2 Å². The third kappa shape index (κ3) is 5.17. The number of nitrogens with two attached hydrogens (primary N) is 1. The highest BCUT2D eigenvalue weighted by molar-refractivity contribution is 5.96. The van der Waals surface area contributed by atoms with E-state index in [1.807, 2.05) is 12.1 Å². The van der Waals surface area contributed by atoms with E-state index in [1.165, 1.54) is 12.1 Å². The van der Waals surface area contributed by atoms with Gasteiger partial charge in [-0.15, -0.1) is 0 Å². The molecule has 0 bridgehead atoms. The van der Waals surface area contributed by atoms with Crippen LogP contribution in [-0.2, 0) is 0 Å². The Morgan fingerprint density at radius 3 is 2.48 bits per heavy atom. The van der Waals surface area contributed by atoms with Gasteiger partial charge in [-0.2, -0.15) is 0 Å². The molecule has 1 aromatic carbocycles. The highest BCUT2D eigenvalue weighted by Crippen LogP contribution is 2.23. The monoisotopic (exact) mass is 343 g/mol. The van der Waals surface area contributed by atoms with Crippen LogP contribution in [0.3, 0.4) is 0 Å². The van der Waals surface area contributed by atoms with Crippen LogP contribution in [0.15, 0.2) is 42.6 Å². The number of non-ortho nitro benzene ring substituents is 1. The number of likely N-dealkylation sites (tertiary alicyclic amines) is 1. The quantitative estimate of drug-likeness (QED) is 0.654. The van der Waals surface area contributed by atoms with Crippen LogP contribution in [0.1, 0.15) is 23.2 Å². The minimum absolute atomic E-state index is 0.0654. The maximum Gasteiger partial charge on any atom is 0.272 e. The number of nitro benzene ring substituents is 1. The van der Waals surface area contributed by atoms with Gasteiger partial charge in [-0.3, -0.25) is 14.9 Å². The van der Waals surface area contributed by atoms with Crippen LogP contribution in [-0.4, -0.2) is 40.9 Å². The van der Waals surface area contributed by atoms with Crippen LogP contribution in [0.5, 0.6) is 0 Å². The third-order valence-corrected chi connectivity index (χ3v) is 3.75. The minimum Gasteiger partial charge on any atom is -0.388 e. The molecule has 8 nitrogen and oxygen atoms in total. The molecular weight excluding hydrogens is 322 g/mol. The van der Waals surface area contributed by atoms with Crippen LogP contribution in [0, 0.1) is 10.1 Å². The average molecular weight is 343 g/mol. The molecule has 25 heavy (non-hydrogen) atoms. The number of nitrogen functional groups attached to an aromatic ring is 1. The molecule has 0 saturated carbocycles. The van der Waals surface area contributed by atoms with Crippen LogP contribution in [0.4, 0.5) is 17.2 Å². The summed E-state index contributed by atoms with van der Waals surface area (Å²) in [6.07, 6.45) is 3.66. The molecule has 2 heterocycles. The molecule has 132 valence electrons. The van der Waals surface area contributed by atoms with Gasteiger partial charge in [0.15, 0.2) is 0 Å². The molecule has 1 aliphatic rings. The second kappa shape index (κ2) is 8.62. The number of rotatable bonds is 3. The molecular formula is C17H21N5O3. The molecule has 3 rings (SSSR count). The van der Waals surface area contributed by atoms with Gasteiger partial charge in [-0.05, 0) is 31.0 Å². The molecule has 0 unspecified atom stereocenters. The van der Waals surface area contributed by atoms with E-state index in [1.54, 1.807) is 30.3 Å². The summed E-state index contributed by atoms with van der Waals surface area (Å²) in [6.45, 7) is 1.47. The van der Waals surface area contributed by atoms with Gasteiger partial charge in [-0.25, -0.2) is 4.98 Å². The molecule has 1 amide bonds. The molecule has 1 aliphatic heterocycles. The van der Waals surface area contributed by atoms with Crippen molar-refractivity contribution in [1.29, 1.82) is 0 Å². The van der Waals surface area contributed by atoms with Crippen molar-refractivity contribution >= 4 is 23.1 Å². The van der Waals surface area contributed by atoms with Gasteiger partial charge in [0.05, 0.1) is 4.92 Å². The van der Waals surface area contributed by atoms with Crippen molar-refractivity contribution in [3.8, 4) is 0 Å². The Bertz CT molecular complexity index is 730. The lowest BCUT2D eigenvalue weighted by atomic mass is 10.1. The molecule has 0 aliphatic carbocycles. The SMILES string of the molecule is CNc1cc(C(=O)N2CCCC2)cc([N+](=O)[O-])c1.Nc1ccccn1. The number of pyridine rings is 1. The van der Waals surface area contributed by atoms with Gasteiger partial charge < -0.3 is 16.0 Å². The fraction of sp³-hybridized carbons (Fsp3) is 0.294. The number of nitrogens with one attached hydrogen (secondary N) is 1. The van der Waals surface area contributed by atoms with E-state index in [9.17, 15) is 14.9 Å². The van der Waals surface area contributed by atoms with E-state index < -0.39 is 4.92 Å². The summed E-state index contributed by atoms with van der Waals surface area (Å²) >= 11 is 0. The topological polar surface area (TPSA) is 114 Å². The van der Waals surface area contributed by atoms with Gasteiger partial charge in [0.1, 0.15) is 5.82 Å². The zero-order chi connectivity index (χ0) is 18.2. The van der Waals surface area contributed by atoms with Gasteiger partial charge in [0.25, 0.3) is 11.6 Å². The lowest BCUT2D eigenvalue weighted by molar-refractivity contribution is -0.384. The van der Waals surface area contributed by atoms with E-state index in [-0.39, 0.29) is 11.6 Å². The number of carbonyl (C=O) groups is 1. The summed E-state index contributed by atoms with van der Waals surface area (Å²) in [5.74, 6) is 0.440. The second-order valence-electron chi connectivity index (χ2n) is 5.53. The Kier molecular flexibility index (Phi) is 6.27. The first-order valence-electron chi connectivity index (χ1n) is 7.94. The number of amides is 1. The third-order valence-electron chi connectivity index (χ3n) is 3.75. The molecule has 3 N–H and O–H groups in total. The zero-order valence-corrected chi connectivity index (χ0v) is 14.0. The van der Waals surface area contributed by atoms with Gasteiger partial charge in [0.2, 0.25) is 0 Å². The van der Waals surface area contributed by atoms with Crippen LogP contribution in [0.25, 0.3) is 0 Å². The van der Waals surface area contributed by atoms with E-state index in [4.69, 9.17) is 5.73 Å². The first-order chi connectivity index (χ1) is 12.0. The van der Waals surface area contributed by atoms with Crippen molar-refractivity contribution in [3.63, 3.8) is 0 Å². The normalized spacial score (nSPS) is 12.9. The number of hydrogen-bond acceptors (Lipinski definition) is 6. The molecule has 2 aromatic rings. The smallest absolute Gasteiger partial charge is 0.272 e. The predicted molar refractivity (Wildman–Crippen MR) is 96.4 cm³/mol. The maximum atomic E-state index is 12.2. The van der Waals surface area contributed by atoms with E-state index in [0.29, 0.717) is 17.1 Å². The molecule has 0 atom stereocenters. The zero-order valence-electron chi connectivity index (χ0n) is 14.0. The van der Waals surface area contributed by atoms with Crippen molar-refractivity contribution in [3.05, 3.63) is 58.3 Å². The number of nitro groups is 1. The fourth-order valence-corrected chi connectivity index (χ4v) is 2.46. The Hall–Kier alpha value is -3.16. The standard InChI is InChI=1S/C12H15N3O3.C5H6N2/c1-13-10-6-9(7-11(8-10)15(17)18)12(16)14-4-2-3-5-14;6-5-3-1-2-4-7-5/h6-8,13H,2-5H2,1H3;1-4H,(H2,6,7). The molecule has 0 radical (unpaired) electrons. The first kappa shape index (κ1) is 18.2. The highest BCUT2D eigenvalue weighted by atomic mass is 16.6. The summed E-state index contributed by atoms with van der Waals surface area (Å²) in [4.78, 5) is 28.0. The fourth-order valence-electron chi connectivity index (χ4n) is 2.46. The van der Waals surface area contributed by atoms with E-state index in [0.717, 1.165) is 25.9 Å². The van der Waals surface area contributed by atoms with Gasteiger partial charge >= 0.3 is 0 Å². The number of aromatic nitrogens is 1. The Balaban J connectivity index is 0.000000269. The highest BCUT2D eigenvalue weighted by Gasteiger charge is 2.22. The molecule has 1 aromatic heterocycles. The molecule has 1 saturated heterocycles. The van der Waals surface area contributed by atoms with Crippen LogP contribution in [0.2, 0.25) is 0 Å². The largest absolute Gasteiger partial charge is 0.388 e. The van der Waals surface area contributed by atoms with Gasteiger partial charge in [-0.1, -0.05) is 6.07 Å². The maximum absolute atomic E-state index is 12.2.